The molecule has 0 aliphatic rings. The normalized spacial score (nSPS) is 11.1. The molecule has 2 aromatic heterocycles. The van der Waals surface area contributed by atoms with Crippen LogP contribution in [-0.4, -0.2) is 4.98 Å². The van der Waals surface area contributed by atoms with Gasteiger partial charge in [0.05, 0.1) is 11.1 Å². The Morgan fingerprint density at radius 3 is 2.42 bits per heavy atom. The third-order valence-corrected chi connectivity index (χ3v) is 5.23. The SMILES string of the molecule is Cc1cc(C)c(C)c(-c2c(-c3cccnc3)cc3ccccc3[n+]2C)c1. The summed E-state index contributed by atoms with van der Waals surface area (Å²) in [4.78, 5) is 4.35. The van der Waals surface area contributed by atoms with Crippen LogP contribution in [0.5, 0.6) is 0 Å². The van der Waals surface area contributed by atoms with Crippen molar-refractivity contribution in [3.8, 4) is 22.4 Å². The molecule has 4 rings (SSSR count). The van der Waals surface area contributed by atoms with Gasteiger partial charge in [-0.05, 0) is 56.2 Å². The lowest BCUT2D eigenvalue weighted by atomic mass is 9.92. The van der Waals surface area contributed by atoms with Gasteiger partial charge >= 0.3 is 0 Å². The van der Waals surface area contributed by atoms with Crippen molar-refractivity contribution < 1.29 is 4.57 Å². The number of rotatable bonds is 2. The van der Waals surface area contributed by atoms with E-state index in [0.29, 0.717) is 0 Å². The van der Waals surface area contributed by atoms with Gasteiger partial charge in [0.2, 0.25) is 11.2 Å². The summed E-state index contributed by atoms with van der Waals surface area (Å²) in [6, 6.07) is 19.5. The first-order chi connectivity index (χ1) is 12.6. The van der Waals surface area contributed by atoms with E-state index in [1.807, 2.05) is 18.5 Å². The maximum Gasteiger partial charge on any atom is 0.221 e. The van der Waals surface area contributed by atoms with E-state index in [-0.39, 0.29) is 0 Å². The lowest BCUT2D eigenvalue weighted by Crippen LogP contribution is -2.33. The Balaban J connectivity index is 2.16. The van der Waals surface area contributed by atoms with E-state index in [0.717, 1.165) is 5.56 Å². The Kier molecular flexibility index (Phi) is 4.04. The average Bonchev–Trinajstić information content (AvgIpc) is 2.65. The van der Waals surface area contributed by atoms with E-state index in [1.165, 1.54) is 44.4 Å². The molecule has 0 atom stereocenters. The highest BCUT2D eigenvalue weighted by Crippen LogP contribution is 2.34. The third-order valence-electron chi connectivity index (χ3n) is 5.23. The molecular formula is C24H23N2+. The zero-order valence-corrected chi connectivity index (χ0v) is 15.7. The Morgan fingerprint density at radius 1 is 0.846 bits per heavy atom. The summed E-state index contributed by atoms with van der Waals surface area (Å²) in [7, 11) is 2.16. The Morgan fingerprint density at radius 2 is 1.65 bits per heavy atom. The lowest BCUT2D eigenvalue weighted by molar-refractivity contribution is -0.633. The first-order valence-electron chi connectivity index (χ1n) is 8.96. The van der Waals surface area contributed by atoms with Crippen molar-refractivity contribution in [3.63, 3.8) is 0 Å². The fourth-order valence-corrected chi connectivity index (χ4v) is 3.79. The Bertz CT molecular complexity index is 1110. The highest BCUT2D eigenvalue weighted by molar-refractivity contribution is 5.88. The molecule has 0 saturated heterocycles. The number of hydrogen-bond donors (Lipinski definition) is 0. The van der Waals surface area contributed by atoms with Crippen LogP contribution in [0, 0.1) is 20.8 Å². The Labute approximate surface area is 154 Å². The van der Waals surface area contributed by atoms with Crippen LogP contribution in [0.1, 0.15) is 16.7 Å². The summed E-state index contributed by atoms with van der Waals surface area (Å²) < 4.78 is 2.32. The number of hydrogen-bond acceptors (Lipinski definition) is 1. The van der Waals surface area contributed by atoms with Crippen molar-refractivity contribution in [1.82, 2.24) is 4.98 Å². The second-order valence-corrected chi connectivity index (χ2v) is 7.02. The van der Waals surface area contributed by atoms with Gasteiger partial charge in [0.1, 0.15) is 7.05 Å². The van der Waals surface area contributed by atoms with Gasteiger partial charge in [0, 0.05) is 29.4 Å². The molecule has 2 heterocycles. The number of benzene rings is 2. The van der Waals surface area contributed by atoms with E-state index in [1.54, 1.807) is 0 Å². The number of aromatic nitrogens is 2. The van der Waals surface area contributed by atoms with Crippen LogP contribution >= 0.6 is 0 Å². The van der Waals surface area contributed by atoms with Crippen molar-refractivity contribution in [1.29, 1.82) is 0 Å². The van der Waals surface area contributed by atoms with Gasteiger partial charge in [-0.1, -0.05) is 29.8 Å². The number of fused-ring (bicyclic) bond motifs is 1. The smallest absolute Gasteiger partial charge is 0.221 e. The maximum atomic E-state index is 4.35. The van der Waals surface area contributed by atoms with Crippen LogP contribution in [0.4, 0.5) is 0 Å². The molecule has 0 N–H and O–H groups in total. The van der Waals surface area contributed by atoms with Crippen LogP contribution < -0.4 is 4.57 Å². The molecule has 0 radical (unpaired) electrons. The van der Waals surface area contributed by atoms with Crippen molar-refractivity contribution in [2.75, 3.05) is 0 Å². The molecule has 4 aromatic rings. The molecule has 128 valence electrons. The van der Waals surface area contributed by atoms with Gasteiger partial charge in [-0.15, -0.1) is 0 Å². The van der Waals surface area contributed by atoms with Crippen LogP contribution in [0.25, 0.3) is 33.3 Å². The monoisotopic (exact) mass is 339 g/mol. The summed E-state index contributed by atoms with van der Waals surface area (Å²) in [5, 5.41) is 1.24. The molecule has 0 fully saturated rings. The summed E-state index contributed by atoms with van der Waals surface area (Å²) in [5.74, 6) is 0. The van der Waals surface area contributed by atoms with Gasteiger partial charge in [-0.25, -0.2) is 0 Å². The van der Waals surface area contributed by atoms with Crippen LogP contribution in [0.2, 0.25) is 0 Å². The summed E-state index contributed by atoms with van der Waals surface area (Å²) >= 11 is 0. The molecule has 2 nitrogen and oxygen atoms in total. The number of pyridine rings is 2. The van der Waals surface area contributed by atoms with Crippen LogP contribution in [-0.2, 0) is 7.05 Å². The molecule has 0 spiro atoms. The van der Waals surface area contributed by atoms with E-state index in [2.05, 4.69) is 85.9 Å². The first-order valence-corrected chi connectivity index (χ1v) is 8.96. The second-order valence-electron chi connectivity index (χ2n) is 7.02. The number of aryl methyl sites for hydroxylation is 3. The summed E-state index contributed by atoms with van der Waals surface area (Å²) in [6.45, 7) is 6.57. The minimum absolute atomic E-state index is 1.14. The van der Waals surface area contributed by atoms with Gasteiger partial charge in [0.25, 0.3) is 0 Å². The summed E-state index contributed by atoms with van der Waals surface area (Å²) in [5.41, 5.74) is 10.0. The van der Waals surface area contributed by atoms with Crippen molar-refractivity contribution in [2.45, 2.75) is 20.8 Å². The molecule has 0 aliphatic heterocycles. The zero-order chi connectivity index (χ0) is 18.3. The number of para-hydroxylation sites is 1. The highest BCUT2D eigenvalue weighted by atomic mass is 14.9. The molecule has 26 heavy (non-hydrogen) atoms. The molecule has 0 bridgehead atoms. The summed E-state index contributed by atoms with van der Waals surface area (Å²) in [6.07, 6.45) is 3.78. The predicted molar refractivity (Wildman–Crippen MR) is 108 cm³/mol. The molecule has 0 amide bonds. The standard InChI is InChI=1S/C24H23N2/c1-16-12-17(2)18(3)21(13-16)24-22(20-9-7-11-25-15-20)14-19-8-5-6-10-23(19)26(24)4/h5-15H,1-4H3/q+1. The third kappa shape index (κ3) is 2.68. The maximum absolute atomic E-state index is 4.35. The second kappa shape index (κ2) is 6.38. The van der Waals surface area contributed by atoms with E-state index >= 15 is 0 Å². The van der Waals surface area contributed by atoms with Crippen molar-refractivity contribution in [2.24, 2.45) is 7.05 Å². The molecule has 0 saturated carbocycles. The Hall–Kier alpha value is -3.00. The van der Waals surface area contributed by atoms with E-state index < -0.39 is 0 Å². The van der Waals surface area contributed by atoms with Gasteiger partial charge < -0.3 is 0 Å². The van der Waals surface area contributed by atoms with Gasteiger partial charge in [-0.3, -0.25) is 4.98 Å². The first kappa shape index (κ1) is 16.5. The van der Waals surface area contributed by atoms with Gasteiger partial charge in [-0.2, -0.15) is 4.57 Å². The molecule has 2 heteroatoms. The molecule has 0 unspecified atom stereocenters. The van der Waals surface area contributed by atoms with E-state index in [4.69, 9.17) is 0 Å². The molecule has 2 aromatic carbocycles. The fourth-order valence-electron chi connectivity index (χ4n) is 3.79. The predicted octanol–water partition coefficient (Wildman–Crippen LogP) is 5.32. The van der Waals surface area contributed by atoms with Crippen LogP contribution in [0.15, 0.2) is 67.0 Å². The minimum Gasteiger partial charge on any atom is -0.264 e. The zero-order valence-electron chi connectivity index (χ0n) is 15.7. The minimum atomic E-state index is 1.14. The average molecular weight is 339 g/mol. The molecule has 0 aliphatic carbocycles. The largest absolute Gasteiger partial charge is 0.264 e. The van der Waals surface area contributed by atoms with Crippen molar-refractivity contribution >= 4 is 10.9 Å². The molecular weight excluding hydrogens is 316 g/mol. The quantitative estimate of drug-likeness (QED) is 0.452. The van der Waals surface area contributed by atoms with E-state index in [9.17, 15) is 0 Å². The number of nitrogens with zero attached hydrogens (tertiary/aromatic N) is 2. The van der Waals surface area contributed by atoms with Gasteiger partial charge in [0.15, 0.2) is 0 Å². The van der Waals surface area contributed by atoms with Crippen molar-refractivity contribution in [3.05, 3.63) is 83.7 Å². The highest BCUT2D eigenvalue weighted by Gasteiger charge is 2.23. The topological polar surface area (TPSA) is 16.8 Å². The fraction of sp³-hybridized carbons (Fsp3) is 0.167. The lowest BCUT2D eigenvalue weighted by Gasteiger charge is -2.14. The van der Waals surface area contributed by atoms with Crippen LogP contribution in [0.3, 0.4) is 0 Å².